The molecular weight excluding hydrogens is 238 g/mol. The number of anilines is 1. The van der Waals surface area contributed by atoms with E-state index in [1.165, 1.54) is 0 Å². The van der Waals surface area contributed by atoms with Gasteiger partial charge in [0.1, 0.15) is 0 Å². The molecule has 1 heterocycles. The summed E-state index contributed by atoms with van der Waals surface area (Å²) in [6, 6.07) is 0.891. The van der Waals surface area contributed by atoms with Gasteiger partial charge in [-0.2, -0.15) is 5.10 Å². The van der Waals surface area contributed by atoms with Crippen LogP contribution in [0.25, 0.3) is 0 Å². The van der Waals surface area contributed by atoms with Gasteiger partial charge in [-0.1, -0.05) is 6.92 Å². The SMILES string of the molecule is CCCN(c1nnc(C)c(C)n1)C1CCC(N)CC1. The smallest absolute Gasteiger partial charge is 0.245 e. The second-order valence-electron chi connectivity index (χ2n) is 5.54. The second kappa shape index (κ2) is 6.28. The van der Waals surface area contributed by atoms with Crippen molar-refractivity contribution in [1.29, 1.82) is 0 Å². The first-order valence-corrected chi connectivity index (χ1v) is 7.32. The maximum atomic E-state index is 5.99. The molecule has 0 aliphatic heterocycles. The van der Waals surface area contributed by atoms with Crippen molar-refractivity contribution < 1.29 is 0 Å². The minimum atomic E-state index is 0.374. The lowest BCUT2D eigenvalue weighted by atomic mass is 9.91. The molecule has 0 bridgehead atoms. The topological polar surface area (TPSA) is 67.9 Å². The summed E-state index contributed by atoms with van der Waals surface area (Å²) in [5, 5.41) is 8.50. The van der Waals surface area contributed by atoms with Crippen LogP contribution in [-0.2, 0) is 0 Å². The van der Waals surface area contributed by atoms with Crippen molar-refractivity contribution in [2.45, 2.75) is 65.0 Å². The summed E-state index contributed by atoms with van der Waals surface area (Å²) in [7, 11) is 0. The van der Waals surface area contributed by atoms with Crippen molar-refractivity contribution in [3.05, 3.63) is 11.4 Å². The summed E-state index contributed by atoms with van der Waals surface area (Å²) < 4.78 is 0. The Morgan fingerprint density at radius 1 is 1.11 bits per heavy atom. The number of hydrogen-bond donors (Lipinski definition) is 1. The van der Waals surface area contributed by atoms with Gasteiger partial charge in [0, 0.05) is 18.6 Å². The van der Waals surface area contributed by atoms with E-state index < -0.39 is 0 Å². The largest absolute Gasteiger partial charge is 0.337 e. The molecule has 1 aliphatic rings. The molecule has 1 aromatic heterocycles. The summed E-state index contributed by atoms with van der Waals surface area (Å²) in [6.07, 6.45) is 5.57. The zero-order valence-electron chi connectivity index (χ0n) is 12.3. The Bertz CT molecular complexity index is 412. The Kier molecular flexibility index (Phi) is 4.69. The van der Waals surface area contributed by atoms with Crippen LogP contribution in [-0.4, -0.2) is 33.8 Å². The van der Waals surface area contributed by atoms with Gasteiger partial charge >= 0.3 is 0 Å². The minimum Gasteiger partial charge on any atom is -0.337 e. The first-order chi connectivity index (χ1) is 9.11. The Morgan fingerprint density at radius 3 is 2.37 bits per heavy atom. The fraction of sp³-hybridized carbons (Fsp3) is 0.786. The number of nitrogens with zero attached hydrogens (tertiary/aromatic N) is 4. The van der Waals surface area contributed by atoms with Gasteiger partial charge in [-0.15, -0.1) is 5.10 Å². The minimum absolute atomic E-state index is 0.374. The number of hydrogen-bond acceptors (Lipinski definition) is 5. The first kappa shape index (κ1) is 14.2. The quantitative estimate of drug-likeness (QED) is 0.899. The van der Waals surface area contributed by atoms with E-state index in [0.29, 0.717) is 12.1 Å². The fourth-order valence-corrected chi connectivity index (χ4v) is 2.67. The molecule has 1 aromatic rings. The summed E-state index contributed by atoms with van der Waals surface area (Å²) >= 11 is 0. The molecule has 0 amide bonds. The summed E-state index contributed by atoms with van der Waals surface area (Å²) in [6.45, 7) is 7.12. The van der Waals surface area contributed by atoms with E-state index >= 15 is 0 Å². The summed E-state index contributed by atoms with van der Waals surface area (Å²) in [5.74, 6) is 0.783. The number of aromatic nitrogens is 3. The highest BCUT2D eigenvalue weighted by Crippen LogP contribution is 2.25. The third-order valence-corrected chi connectivity index (χ3v) is 3.98. The second-order valence-corrected chi connectivity index (χ2v) is 5.54. The van der Waals surface area contributed by atoms with Gasteiger partial charge in [-0.3, -0.25) is 0 Å². The monoisotopic (exact) mass is 263 g/mol. The van der Waals surface area contributed by atoms with Crippen LogP contribution in [0, 0.1) is 13.8 Å². The highest BCUT2D eigenvalue weighted by atomic mass is 15.3. The van der Waals surface area contributed by atoms with Gasteiger partial charge in [0.05, 0.1) is 11.4 Å². The molecule has 0 radical (unpaired) electrons. The third kappa shape index (κ3) is 3.41. The zero-order chi connectivity index (χ0) is 13.8. The van der Waals surface area contributed by atoms with Crippen molar-refractivity contribution in [3.63, 3.8) is 0 Å². The van der Waals surface area contributed by atoms with Gasteiger partial charge in [0.25, 0.3) is 0 Å². The van der Waals surface area contributed by atoms with E-state index in [4.69, 9.17) is 5.73 Å². The first-order valence-electron chi connectivity index (χ1n) is 7.32. The van der Waals surface area contributed by atoms with Crippen LogP contribution in [0.2, 0.25) is 0 Å². The molecule has 0 unspecified atom stereocenters. The highest BCUT2D eigenvalue weighted by molar-refractivity contribution is 5.32. The molecule has 19 heavy (non-hydrogen) atoms. The molecule has 2 rings (SSSR count). The van der Waals surface area contributed by atoms with Gasteiger partial charge in [0.15, 0.2) is 0 Å². The zero-order valence-corrected chi connectivity index (χ0v) is 12.3. The molecular formula is C14H25N5. The summed E-state index contributed by atoms with van der Waals surface area (Å²) in [4.78, 5) is 6.93. The number of nitrogens with two attached hydrogens (primary N) is 1. The van der Waals surface area contributed by atoms with E-state index in [2.05, 4.69) is 27.0 Å². The van der Waals surface area contributed by atoms with E-state index in [1.807, 2.05) is 13.8 Å². The maximum Gasteiger partial charge on any atom is 0.245 e. The van der Waals surface area contributed by atoms with Crippen LogP contribution >= 0.6 is 0 Å². The van der Waals surface area contributed by atoms with Crippen molar-refractivity contribution in [3.8, 4) is 0 Å². The van der Waals surface area contributed by atoms with Crippen LogP contribution < -0.4 is 10.6 Å². The summed E-state index contributed by atoms with van der Waals surface area (Å²) in [5.41, 5.74) is 7.87. The van der Waals surface area contributed by atoms with Crippen LogP contribution in [0.15, 0.2) is 0 Å². The van der Waals surface area contributed by atoms with Crippen LogP contribution in [0.5, 0.6) is 0 Å². The maximum absolute atomic E-state index is 5.99. The van der Waals surface area contributed by atoms with Gasteiger partial charge < -0.3 is 10.6 Å². The highest BCUT2D eigenvalue weighted by Gasteiger charge is 2.26. The molecule has 106 valence electrons. The van der Waals surface area contributed by atoms with Gasteiger partial charge in [0.2, 0.25) is 5.95 Å². The van der Waals surface area contributed by atoms with Crippen LogP contribution in [0.1, 0.15) is 50.4 Å². The third-order valence-electron chi connectivity index (χ3n) is 3.98. The Morgan fingerprint density at radius 2 is 1.79 bits per heavy atom. The van der Waals surface area contributed by atoms with Crippen LogP contribution in [0.3, 0.4) is 0 Å². The average Bonchev–Trinajstić information content (AvgIpc) is 2.41. The molecule has 1 fully saturated rings. The van der Waals surface area contributed by atoms with Crippen molar-refractivity contribution in [2.75, 3.05) is 11.4 Å². The van der Waals surface area contributed by atoms with Gasteiger partial charge in [-0.05, 0) is 46.0 Å². The van der Waals surface area contributed by atoms with E-state index in [1.54, 1.807) is 0 Å². The number of aryl methyl sites for hydroxylation is 2. The molecule has 5 heteroatoms. The van der Waals surface area contributed by atoms with E-state index in [-0.39, 0.29) is 0 Å². The molecule has 0 spiro atoms. The predicted molar refractivity (Wildman–Crippen MR) is 77.2 cm³/mol. The van der Waals surface area contributed by atoms with Gasteiger partial charge in [-0.25, -0.2) is 4.98 Å². The standard InChI is InChI=1S/C14H25N5/c1-4-9-19(13-7-5-12(15)6-8-13)14-16-10(2)11(3)17-18-14/h12-13H,4-9,15H2,1-3H3. The normalized spacial score (nSPS) is 23.4. The average molecular weight is 263 g/mol. The molecule has 0 atom stereocenters. The molecule has 1 aliphatic carbocycles. The lowest BCUT2D eigenvalue weighted by Crippen LogP contribution is -2.42. The Labute approximate surface area is 115 Å². The Balaban J connectivity index is 2.16. The molecule has 0 aromatic carbocycles. The van der Waals surface area contributed by atoms with Crippen molar-refractivity contribution in [1.82, 2.24) is 15.2 Å². The number of rotatable bonds is 4. The molecule has 5 nitrogen and oxygen atoms in total. The molecule has 2 N–H and O–H groups in total. The van der Waals surface area contributed by atoms with Crippen LogP contribution in [0.4, 0.5) is 5.95 Å². The molecule has 0 saturated heterocycles. The van der Waals surface area contributed by atoms with Crippen molar-refractivity contribution in [2.24, 2.45) is 5.73 Å². The predicted octanol–water partition coefficient (Wildman–Crippen LogP) is 1.97. The van der Waals surface area contributed by atoms with E-state index in [0.717, 1.165) is 56.0 Å². The fourth-order valence-electron chi connectivity index (χ4n) is 2.67. The Hall–Kier alpha value is -1.23. The van der Waals surface area contributed by atoms with E-state index in [9.17, 15) is 0 Å². The van der Waals surface area contributed by atoms with Crippen molar-refractivity contribution >= 4 is 5.95 Å². The lowest BCUT2D eigenvalue weighted by molar-refractivity contribution is 0.371. The molecule has 1 saturated carbocycles. The lowest BCUT2D eigenvalue weighted by Gasteiger charge is -2.35.